The van der Waals surface area contributed by atoms with Crippen LogP contribution in [0.15, 0.2) is 46.5 Å². The minimum absolute atomic E-state index is 0.0224. The molecule has 0 aliphatic carbocycles. The van der Waals surface area contributed by atoms with Gasteiger partial charge < -0.3 is 20.2 Å². The van der Waals surface area contributed by atoms with Crippen molar-refractivity contribution >= 4 is 34.1 Å². The average Bonchev–Trinajstić information content (AvgIpc) is 3.36. The lowest BCUT2D eigenvalue weighted by Crippen LogP contribution is -2.30. The van der Waals surface area contributed by atoms with Crippen molar-refractivity contribution in [1.29, 1.82) is 0 Å². The summed E-state index contributed by atoms with van der Waals surface area (Å²) in [4.78, 5) is 35.6. The number of thiophene rings is 1. The molecular weight excluding hydrogens is 372 g/mol. The standard InChI is InChI=1S/C17H16N4O5S/c1-10(15(23)20-16-12(14(18)22)5-8-27-16)25-17(24)13-4-3-11(26-13)9-21-7-2-6-19-21/h2-8,10H,9H2,1H3,(H2,18,22)(H,20,23). The van der Waals surface area contributed by atoms with Crippen LogP contribution in [0.4, 0.5) is 5.00 Å². The van der Waals surface area contributed by atoms with E-state index in [1.807, 2.05) is 0 Å². The number of nitrogens with zero attached hydrogens (tertiary/aromatic N) is 2. The predicted octanol–water partition coefficient (Wildman–Crippen LogP) is 1.87. The second-order valence-corrected chi connectivity index (χ2v) is 6.45. The third-order valence-corrected chi connectivity index (χ3v) is 4.39. The Morgan fingerprint density at radius 2 is 2.19 bits per heavy atom. The molecule has 2 amide bonds. The van der Waals surface area contributed by atoms with E-state index in [1.165, 1.54) is 19.1 Å². The Morgan fingerprint density at radius 3 is 2.89 bits per heavy atom. The van der Waals surface area contributed by atoms with Gasteiger partial charge >= 0.3 is 5.97 Å². The Morgan fingerprint density at radius 1 is 1.37 bits per heavy atom. The minimum Gasteiger partial charge on any atom is -0.452 e. The summed E-state index contributed by atoms with van der Waals surface area (Å²) in [5, 5.41) is 8.49. The van der Waals surface area contributed by atoms with Crippen LogP contribution in [0.5, 0.6) is 0 Å². The van der Waals surface area contributed by atoms with E-state index in [2.05, 4.69) is 10.4 Å². The largest absolute Gasteiger partial charge is 0.452 e. The van der Waals surface area contributed by atoms with Crippen LogP contribution >= 0.6 is 11.3 Å². The first-order valence-corrected chi connectivity index (χ1v) is 8.77. The van der Waals surface area contributed by atoms with Crippen LogP contribution < -0.4 is 11.1 Å². The molecule has 0 saturated heterocycles. The molecule has 0 bridgehead atoms. The maximum Gasteiger partial charge on any atom is 0.375 e. The van der Waals surface area contributed by atoms with Crippen LogP contribution in [-0.2, 0) is 16.1 Å². The fourth-order valence-electron chi connectivity index (χ4n) is 2.21. The van der Waals surface area contributed by atoms with Crippen LogP contribution in [-0.4, -0.2) is 33.7 Å². The van der Waals surface area contributed by atoms with Crippen LogP contribution in [0.2, 0.25) is 0 Å². The maximum atomic E-state index is 12.2. The number of nitrogens with two attached hydrogens (primary N) is 1. The van der Waals surface area contributed by atoms with E-state index in [9.17, 15) is 14.4 Å². The number of anilines is 1. The molecule has 0 aromatic carbocycles. The smallest absolute Gasteiger partial charge is 0.375 e. The summed E-state index contributed by atoms with van der Waals surface area (Å²) in [5.74, 6) is -1.52. The molecule has 1 atom stereocenters. The van der Waals surface area contributed by atoms with Crippen molar-refractivity contribution in [3.05, 3.63) is 59.1 Å². The van der Waals surface area contributed by atoms with E-state index in [0.29, 0.717) is 17.3 Å². The summed E-state index contributed by atoms with van der Waals surface area (Å²) in [7, 11) is 0. The van der Waals surface area contributed by atoms with Crippen molar-refractivity contribution in [3.8, 4) is 0 Å². The van der Waals surface area contributed by atoms with Crippen molar-refractivity contribution in [2.45, 2.75) is 19.6 Å². The fraction of sp³-hybridized carbons (Fsp3) is 0.176. The maximum absolute atomic E-state index is 12.2. The lowest BCUT2D eigenvalue weighted by Gasteiger charge is -2.12. The summed E-state index contributed by atoms with van der Waals surface area (Å²) < 4.78 is 12.2. The topological polar surface area (TPSA) is 129 Å². The fourth-order valence-corrected chi connectivity index (χ4v) is 3.01. The molecule has 27 heavy (non-hydrogen) atoms. The number of carbonyl (C=O) groups excluding carboxylic acids is 3. The molecule has 0 spiro atoms. The number of aromatic nitrogens is 2. The van der Waals surface area contributed by atoms with Crippen molar-refractivity contribution in [1.82, 2.24) is 9.78 Å². The molecule has 0 radical (unpaired) electrons. The zero-order valence-corrected chi connectivity index (χ0v) is 15.1. The predicted molar refractivity (Wildman–Crippen MR) is 96.4 cm³/mol. The highest BCUT2D eigenvalue weighted by molar-refractivity contribution is 7.14. The monoisotopic (exact) mass is 388 g/mol. The first-order valence-electron chi connectivity index (χ1n) is 7.89. The number of carbonyl (C=O) groups is 3. The lowest BCUT2D eigenvalue weighted by atomic mass is 10.3. The zero-order valence-electron chi connectivity index (χ0n) is 14.2. The summed E-state index contributed by atoms with van der Waals surface area (Å²) in [6.45, 7) is 1.78. The van der Waals surface area contributed by atoms with E-state index in [1.54, 1.807) is 34.6 Å². The van der Waals surface area contributed by atoms with Gasteiger partial charge in [0.15, 0.2) is 6.10 Å². The van der Waals surface area contributed by atoms with Gasteiger partial charge in [-0.15, -0.1) is 11.3 Å². The van der Waals surface area contributed by atoms with Crippen LogP contribution in [0.1, 0.15) is 33.6 Å². The molecular formula is C17H16N4O5S. The van der Waals surface area contributed by atoms with Gasteiger partial charge in [-0.2, -0.15) is 5.10 Å². The van der Waals surface area contributed by atoms with Crippen molar-refractivity contribution in [2.24, 2.45) is 5.73 Å². The number of primary amides is 1. The summed E-state index contributed by atoms with van der Waals surface area (Å²) >= 11 is 1.14. The van der Waals surface area contributed by atoms with Gasteiger partial charge in [0.2, 0.25) is 5.76 Å². The molecule has 3 rings (SSSR count). The van der Waals surface area contributed by atoms with E-state index in [-0.39, 0.29) is 11.3 Å². The Bertz CT molecular complexity index is 960. The van der Waals surface area contributed by atoms with Gasteiger partial charge in [0, 0.05) is 12.4 Å². The molecule has 10 heteroatoms. The Hall–Kier alpha value is -3.40. The third kappa shape index (κ3) is 4.42. The molecule has 0 aliphatic rings. The molecule has 3 N–H and O–H groups in total. The number of amides is 2. The summed E-state index contributed by atoms with van der Waals surface area (Å²) in [6.07, 6.45) is 2.30. The Labute approximate surface area is 157 Å². The SMILES string of the molecule is CC(OC(=O)c1ccc(Cn2cccn2)o1)C(=O)Nc1sccc1C(N)=O. The van der Waals surface area contributed by atoms with Gasteiger partial charge in [-0.3, -0.25) is 14.3 Å². The number of hydrogen-bond acceptors (Lipinski definition) is 7. The summed E-state index contributed by atoms with van der Waals surface area (Å²) in [6, 6.07) is 6.38. The van der Waals surface area contributed by atoms with Gasteiger partial charge in [0.1, 0.15) is 10.8 Å². The number of hydrogen-bond donors (Lipinski definition) is 2. The molecule has 3 heterocycles. The van der Waals surface area contributed by atoms with E-state index in [0.717, 1.165) is 11.3 Å². The molecule has 0 aliphatic heterocycles. The molecule has 9 nitrogen and oxygen atoms in total. The number of nitrogens with one attached hydrogen (secondary N) is 1. The Balaban J connectivity index is 1.58. The molecule has 1 unspecified atom stereocenters. The van der Waals surface area contributed by atoms with Crippen LogP contribution in [0.3, 0.4) is 0 Å². The van der Waals surface area contributed by atoms with Crippen molar-refractivity contribution in [2.75, 3.05) is 5.32 Å². The Kier molecular flexibility index (Phi) is 5.36. The average molecular weight is 388 g/mol. The number of rotatable bonds is 7. The van der Waals surface area contributed by atoms with Gasteiger partial charge in [-0.1, -0.05) is 0 Å². The van der Waals surface area contributed by atoms with E-state index in [4.69, 9.17) is 14.9 Å². The highest BCUT2D eigenvalue weighted by atomic mass is 32.1. The van der Waals surface area contributed by atoms with Crippen LogP contribution in [0, 0.1) is 0 Å². The molecule has 140 valence electrons. The second-order valence-electron chi connectivity index (χ2n) is 5.53. The van der Waals surface area contributed by atoms with Gasteiger partial charge in [0.05, 0.1) is 12.1 Å². The van der Waals surface area contributed by atoms with Crippen molar-refractivity contribution in [3.63, 3.8) is 0 Å². The lowest BCUT2D eigenvalue weighted by molar-refractivity contribution is -0.123. The molecule has 3 aromatic heterocycles. The molecule has 0 fully saturated rings. The van der Waals surface area contributed by atoms with Crippen molar-refractivity contribution < 1.29 is 23.5 Å². The normalized spacial score (nSPS) is 11.7. The summed E-state index contributed by atoms with van der Waals surface area (Å²) in [5.41, 5.74) is 5.43. The second kappa shape index (κ2) is 7.87. The molecule has 0 saturated carbocycles. The first kappa shape index (κ1) is 18.4. The van der Waals surface area contributed by atoms with E-state index < -0.39 is 23.9 Å². The first-order chi connectivity index (χ1) is 12.9. The van der Waals surface area contributed by atoms with Gasteiger partial charge in [-0.05, 0) is 36.6 Å². The van der Waals surface area contributed by atoms with Gasteiger partial charge in [-0.25, -0.2) is 4.79 Å². The highest BCUT2D eigenvalue weighted by Gasteiger charge is 2.23. The molecule has 3 aromatic rings. The zero-order chi connectivity index (χ0) is 19.4. The number of furan rings is 1. The number of esters is 1. The minimum atomic E-state index is -1.10. The van der Waals surface area contributed by atoms with Gasteiger partial charge in [0.25, 0.3) is 11.8 Å². The highest BCUT2D eigenvalue weighted by Crippen LogP contribution is 2.23. The third-order valence-electron chi connectivity index (χ3n) is 3.56. The van der Waals surface area contributed by atoms with Crippen LogP contribution in [0.25, 0.3) is 0 Å². The van der Waals surface area contributed by atoms with E-state index >= 15 is 0 Å². The number of ether oxygens (including phenoxy) is 1. The quantitative estimate of drug-likeness (QED) is 0.594.